The molecule has 0 spiro atoms. The normalized spacial score (nSPS) is 14.6. The number of rotatable bonds is 5. The summed E-state index contributed by atoms with van der Waals surface area (Å²) in [6.45, 7) is 5.77. The molecule has 1 aliphatic rings. The Morgan fingerprint density at radius 2 is 2.19 bits per heavy atom. The van der Waals surface area contributed by atoms with Gasteiger partial charge in [-0.1, -0.05) is 12.1 Å². The predicted octanol–water partition coefficient (Wildman–Crippen LogP) is 2.37. The summed E-state index contributed by atoms with van der Waals surface area (Å²) in [5, 5.41) is 6.98. The maximum Gasteiger partial charge on any atom is 0.289 e. The Labute approximate surface area is 151 Å². The van der Waals surface area contributed by atoms with E-state index in [9.17, 15) is 9.59 Å². The molecular formula is C19H20N4O3. The highest BCUT2D eigenvalue weighted by Crippen LogP contribution is 2.29. The number of hydrazone groups is 1. The number of hydrogen-bond donors (Lipinski definition) is 2. The zero-order chi connectivity index (χ0) is 18.5. The number of pyridine rings is 1. The molecule has 2 heterocycles. The molecule has 0 atom stereocenters. The zero-order valence-corrected chi connectivity index (χ0v) is 14.5. The van der Waals surface area contributed by atoms with E-state index in [0.29, 0.717) is 24.4 Å². The molecule has 1 aliphatic carbocycles. The molecule has 2 aromatic heterocycles. The van der Waals surface area contributed by atoms with Gasteiger partial charge in [0, 0.05) is 30.3 Å². The average Bonchev–Trinajstić information content (AvgIpc) is 3.02. The first-order valence-corrected chi connectivity index (χ1v) is 8.41. The van der Waals surface area contributed by atoms with Gasteiger partial charge in [0.25, 0.3) is 11.8 Å². The second-order valence-corrected chi connectivity index (χ2v) is 5.92. The number of aryl methyl sites for hydroxylation is 1. The molecule has 3 rings (SSSR count). The summed E-state index contributed by atoms with van der Waals surface area (Å²) in [6, 6.07) is 5.10. The standard InChI is InChI=1S/C19H20N4O3/c1-3-10-21-19(25)17-12(2)16-13(8-6-9-15(16)26-17)22-23-18(24)14-7-4-5-11-20-14/h3-5,7,11H,1,6,8-10H2,2H3,(H,21,25)(H,23,24)/b22-13+. The molecule has 7 heteroatoms. The van der Waals surface area contributed by atoms with Crippen molar-refractivity contribution in [2.45, 2.75) is 26.2 Å². The van der Waals surface area contributed by atoms with Gasteiger partial charge in [-0.05, 0) is 31.9 Å². The SMILES string of the molecule is C=CCNC(=O)c1oc2c(c1C)/C(=N/NC(=O)c1ccccn1)CCC2. The van der Waals surface area contributed by atoms with Crippen LogP contribution in [0.25, 0.3) is 0 Å². The number of hydrogen-bond acceptors (Lipinski definition) is 5. The summed E-state index contributed by atoms with van der Waals surface area (Å²) in [4.78, 5) is 28.4. The number of nitrogens with zero attached hydrogens (tertiary/aromatic N) is 2. The monoisotopic (exact) mass is 352 g/mol. The minimum atomic E-state index is -0.379. The van der Waals surface area contributed by atoms with Crippen molar-refractivity contribution in [1.82, 2.24) is 15.7 Å². The fourth-order valence-electron chi connectivity index (χ4n) is 2.91. The molecule has 0 saturated carbocycles. The van der Waals surface area contributed by atoms with Crippen LogP contribution in [0.2, 0.25) is 0 Å². The van der Waals surface area contributed by atoms with Crippen molar-refractivity contribution in [3.63, 3.8) is 0 Å². The van der Waals surface area contributed by atoms with Crippen molar-refractivity contribution in [1.29, 1.82) is 0 Å². The van der Waals surface area contributed by atoms with Gasteiger partial charge in [0.05, 0.1) is 5.71 Å². The molecule has 0 bridgehead atoms. The number of amides is 2. The Morgan fingerprint density at radius 1 is 1.35 bits per heavy atom. The highest BCUT2D eigenvalue weighted by Gasteiger charge is 2.27. The summed E-state index contributed by atoms with van der Waals surface area (Å²) in [7, 11) is 0. The predicted molar refractivity (Wildman–Crippen MR) is 97.2 cm³/mol. The maximum atomic E-state index is 12.2. The number of carbonyl (C=O) groups excluding carboxylic acids is 2. The summed E-state index contributed by atoms with van der Waals surface area (Å²) < 4.78 is 5.77. The van der Waals surface area contributed by atoms with Crippen LogP contribution in [-0.2, 0) is 6.42 Å². The van der Waals surface area contributed by atoms with Gasteiger partial charge in [0.2, 0.25) is 0 Å². The Balaban J connectivity index is 1.84. The second kappa shape index (κ2) is 7.77. The number of nitrogens with one attached hydrogen (secondary N) is 2. The number of carbonyl (C=O) groups is 2. The van der Waals surface area contributed by atoms with Crippen molar-refractivity contribution in [3.05, 3.63) is 65.4 Å². The summed E-state index contributed by atoms with van der Waals surface area (Å²) in [5.74, 6) is 0.342. The number of fused-ring (bicyclic) bond motifs is 1. The van der Waals surface area contributed by atoms with Crippen LogP contribution in [0.1, 0.15) is 50.8 Å². The quantitative estimate of drug-likeness (QED) is 0.638. The van der Waals surface area contributed by atoms with Gasteiger partial charge < -0.3 is 9.73 Å². The van der Waals surface area contributed by atoms with Crippen LogP contribution < -0.4 is 10.7 Å². The van der Waals surface area contributed by atoms with E-state index in [4.69, 9.17) is 4.42 Å². The number of aromatic nitrogens is 1. The Morgan fingerprint density at radius 3 is 2.92 bits per heavy atom. The van der Waals surface area contributed by atoms with Crippen LogP contribution in [0.4, 0.5) is 0 Å². The Bertz CT molecular complexity index is 868. The van der Waals surface area contributed by atoms with E-state index in [0.717, 1.165) is 29.7 Å². The molecule has 2 aromatic rings. The first-order valence-electron chi connectivity index (χ1n) is 8.41. The smallest absolute Gasteiger partial charge is 0.289 e. The lowest BCUT2D eigenvalue weighted by Crippen LogP contribution is -2.24. The third-order valence-electron chi connectivity index (χ3n) is 4.13. The van der Waals surface area contributed by atoms with Gasteiger partial charge in [-0.15, -0.1) is 6.58 Å². The van der Waals surface area contributed by atoms with E-state index in [2.05, 4.69) is 27.4 Å². The molecule has 0 aromatic carbocycles. The minimum absolute atomic E-state index is 0.280. The van der Waals surface area contributed by atoms with Crippen LogP contribution in [0.5, 0.6) is 0 Å². The molecule has 134 valence electrons. The first kappa shape index (κ1) is 17.6. The van der Waals surface area contributed by atoms with Crippen molar-refractivity contribution < 1.29 is 14.0 Å². The van der Waals surface area contributed by atoms with Crippen LogP contribution >= 0.6 is 0 Å². The number of furan rings is 1. The second-order valence-electron chi connectivity index (χ2n) is 5.92. The highest BCUT2D eigenvalue weighted by atomic mass is 16.4. The summed E-state index contributed by atoms with van der Waals surface area (Å²) >= 11 is 0. The van der Waals surface area contributed by atoms with E-state index in [1.165, 1.54) is 0 Å². The van der Waals surface area contributed by atoms with E-state index in [-0.39, 0.29) is 17.6 Å². The molecule has 0 radical (unpaired) electrons. The molecule has 26 heavy (non-hydrogen) atoms. The molecule has 7 nitrogen and oxygen atoms in total. The molecule has 2 N–H and O–H groups in total. The van der Waals surface area contributed by atoms with Gasteiger partial charge in [-0.3, -0.25) is 14.6 Å². The van der Waals surface area contributed by atoms with Crippen LogP contribution in [0.3, 0.4) is 0 Å². The van der Waals surface area contributed by atoms with Gasteiger partial charge in [0.15, 0.2) is 5.76 Å². The third-order valence-corrected chi connectivity index (χ3v) is 4.13. The van der Waals surface area contributed by atoms with E-state index < -0.39 is 0 Å². The molecule has 0 unspecified atom stereocenters. The minimum Gasteiger partial charge on any atom is -0.455 e. The average molecular weight is 352 g/mol. The van der Waals surface area contributed by atoms with Crippen LogP contribution in [-0.4, -0.2) is 29.1 Å². The Kier molecular flexibility index (Phi) is 5.26. The Hall–Kier alpha value is -3.22. The van der Waals surface area contributed by atoms with Gasteiger partial charge >= 0.3 is 0 Å². The fraction of sp³-hybridized carbons (Fsp3) is 0.263. The van der Waals surface area contributed by atoms with E-state index >= 15 is 0 Å². The lowest BCUT2D eigenvalue weighted by atomic mass is 9.93. The van der Waals surface area contributed by atoms with Gasteiger partial charge in [-0.25, -0.2) is 5.43 Å². The largest absolute Gasteiger partial charge is 0.455 e. The van der Waals surface area contributed by atoms with E-state index in [1.54, 1.807) is 30.5 Å². The fourth-order valence-corrected chi connectivity index (χ4v) is 2.91. The van der Waals surface area contributed by atoms with Gasteiger partial charge in [-0.2, -0.15) is 5.10 Å². The van der Waals surface area contributed by atoms with Gasteiger partial charge in [0.1, 0.15) is 11.5 Å². The molecule has 0 aliphatic heterocycles. The first-order chi connectivity index (χ1) is 12.6. The maximum absolute atomic E-state index is 12.2. The summed E-state index contributed by atoms with van der Waals surface area (Å²) in [6.07, 6.45) is 5.43. The van der Waals surface area contributed by atoms with Crippen molar-refractivity contribution >= 4 is 17.5 Å². The highest BCUT2D eigenvalue weighted by molar-refractivity contribution is 6.07. The van der Waals surface area contributed by atoms with Crippen molar-refractivity contribution in [2.75, 3.05) is 6.54 Å². The zero-order valence-electron chi connectivity index (χ0n) is 14.5. The van der Waals surface area contributed by atoms with Crippen LogP contribution in [0.15, 0.2) is 46.6 Å². The molecule has 2 amide bonds. The van der Waals surface area contributed by atoms with E-state index in [1.807, 2.05) is 6.92 Å². The molecule has 0 saturated heterocycles. The van der Waals surface area contributed by atoms with Crippen LogP contribution in [0, 0.1) is 6.92 Å². The summed E-state index contributed by atoms with van der Waals surface area (Å²) in [5.41, 5.74) is 5.08. The molecular weight excluding hydrogens is 332 g/mol. The topological polar surface area (TPSA) is 96.6 Å². The van der Waals surface area contributed by atoms with Crippen molar-refractivity contribution in [3.8, 4) is 0 Å². The van der Waals surface area contributed by atoms with Crippen molar-refractivity contribution in [2.24, 2.45) is 5.10 Å². The lowest BCUT2D eigenvalue weighted by Gasteiger charge is -2.13. The molecule has 0 fully saturated rings. The third kappa shape index (κ3) is 3.56. The lowest BCUT2D eigenvalue weighted by molar-refractivity contribution is 0.0925.